The van der Waals surface area contributed by atoms with E-state index in [1.54, 1.807) is 6.07 Å². The maximum absolute atomic E-state index is 11.5. The van der Waals surface area contributed by atoms with E-state index in [0.29, 0.717) is 5.39 Å². The van der Waals surface area contributed by atoms with E-state index >= 15 is 0 Å². The monoisotopic (exact) mass is 314 g/mol. The SMILES string of the molecule is CCCc1ccc(CCC)c2c(S(=O)(=O)[O-])cccc12.[Na+]. The van der Waals surface area contributed by atoms with E-state index in [4.69, 9.17) is 0 Å². The summed E-state index contributed by atoms with van der Waals surface area (Å²) in [5.74, 6) is 0. The van der Waals surface area contributed by atoms with E-state index in [0.717, 1.165) is 42.2 Å². The van der Waals surface area contributed by atoms with Crippen LogP contribution in [0.4, 0.5) is 0 Å². The molecule has 2 rings (SSSR count). The number of hydrogen-bond acceptors (Lipinski definition) is 3. The molecule has 0 radical (unpaired) electrons. The quantitative estimate of drug-likeness (QED) is 0.601. The van der Waals surface area contributed by atoms with Crippen molar-refractivity contribution >= 4 is 20.9 Å². The first-order valence-corrected chi connectivity index (χ1v) is 8.39. The second-order valence-corrected chi connectivity index (χ2v) is 6.36. The fourth-order valence-corrected chi connectivity index (χ4v) is 3.41. The van der Waals surface area contributed by atoms with Crippen molar-refractivity contribution in [1.82, 2.24) is 0 Å². The van der Waals surface area contributed by atoms with Gasteiger partial charge in [0.25, 0.3) is 0 Å². The molecule has 0 bridgehead atoms. The molecule has 0 saturated heterocycles. The van der Waals surface area contributed by atoms with Crippen LogP contribution in [0.5, 0.6) is 0 Å². The predicted molar refractivity (Wildman–Crippen MR) is 79.9 cm³/mol. The summed E-state index contributed by atoms with van der Waals surface area (Å²) in [6.07, 6.45) is 3.55. The molecule has 0 atom stereocenters. The zero-order valence-corrected chi connectivity index (χ0v) is 15.7. The average Bonchev–Trinajstić information content (AvgIpc) is 2.40. The van der Waals surface area contributed by atoms with Gasteiger partial charge in [0, 0.05) is 5.39 Å². The summed E-state index contributed by atoms with van der Waals surface area (Å²) in [5.41, 5.74) is 2.05. The number of aryl methyl sites for hydroxylation is 2. The number of fused-ring (bicyclic) bond motifs is 1. The minimum absolute atomic E-state index is 0. The Morgan fingerprint density at radius 3 is 2.10 bits per heavy atom. The van der Waals surface area contributed by atoms with Gasteiger partial charge in [-0.1, -0.05) is 51.0 Å². The normalized spacial score (nSPS) is 11.4. The maximum atomic E-state index is 11.5. The van der Waals surface area contributed by atoms with Gasteiger partial charge in [-0.05, 0) is 35.4 Å². The van der Waals surface area contributed by atoms with Crippen LogP contribution in [-0.2, 0) is 23.0 Å². The minimum atomic E-state index is -4.45. The molecule has 0 aliphatic heterocycles. The summed E-state index contributed by atoms with van der Waals surface area (Å²) >= 11 is 0. The maximum Gasteiger partial charge on any atom is 1.00 e. The molecule has 21 heavy (non-hydrogen) atoms. The molecule has 0 saturated carbocycles. The van der Waals surface area contributed by atoms with Crippen LogP contribution in [0.1, 0.15) is 37.8 Å². The molecule has 0 unspecified atom stereocenters. The molecule has 2 aromatic rings. The number of hydrogen-bond donors (Lipinski definition) is 0. The second kappa shape index (κ2) is 7.75. The first-order chi connectivity index (χ1) is 9.49. The van der Waals surface area contributed by atoms with Crippen LogP contribution >= 0.6 is 0 Å². The van der Waals surface area contributed by atoms with Gasteiger partial charge in [-0.25, -0.2) is 8.42 Å². The standard InChI is InChI=1S/C16H20O3S.Na/c1-3-6-12-10-11-13(7-4-2)16-14(12)8-5-9-15(16)20(17,18)19;/h5,8-11H,3-4,6-7H2,1-2H3,(H,17,18,19);/q;+1/p-1. The first-order valence-electron chi connectivity index (χ1n) is 6.98. The van der Waals surface area contributed by atoms with Crippen molar-refractivity contribution in [3.05, 3.63) is 41.5 Å². The fourth-order valence-electron chi connectivity index (χ4n) is 2.68. The van der Waals surface area contributed by atoms with E-state index in [1.165, 1.54) is 6.07 Å². The summed E-state index contributed by atoms with van der Waals surface area (Å²) in [4.78, 5) is -0.0867. The Labute approximate surface area is 148 Å². The second-order valence-electron chi connectivity index (χ2n) is 5.02. The molecule has 0 aliphatic rings. The molecule has 0 aliphatic carbocycles. The van der Waals surface area contributed by atoms with Crippen molar-refractivity contribution < 1.29 is 42.5 Å². The Bertz CT molecular complexity index is 724. The molecule has 108 valence electrons. The van der Waals surface area contributed by atoms with Crippen molar-refractivity contribution in [2.75, 3.05) is 0 Å². The van der Waals surface area contributed by atoms with Gasteiger partial charge in [-0.3, -0.25) is 0 Å². The van der Waals surface area contributed by atoms with Gasteiger partial charge in [0.1, 0.15) is 10.1 Å². The molecule has 0 N–H and O–H groups in total. The van der Waals surface area contributed by atoms with Gasteiger partial charge in [-0.15, -0.1) is 0 Å². The van der Waals surface area contributed by atoms with Gasteiger partial charge in [0.05, 0.1) is 4.90 Å². The summed E-state index contributed by atoms with van der Waals surface area (Å²) in [6, 6.07) is 9.00. The molecule has 0 amide bonds. The van der Waals surface area contributed by atoms with E-state index in [1.807, 2.05) is 19.1 Å². The van der Waals surface area contributed by atoms with Gasteiger partial charge >= 0.3 is 29.6 Å². The first kappa shape index (κ1) is 18.7. The Morgan fingerprint density at radius 1 is 0.952 bits per heavy atom. The Morgan fingerprint density at radius 2 is 1.52 bits per heavy atom. The third-order valence-electron chi connectivity index (χ3n) is 3.49. The van der Waals surface area contributed by atoms with E-state index in [2.05, 4.69) is 13.0 Å². The zero-order valence-electron chi connectivity index (χ0n) is 12.8. The smallest absolute Gasteiger partial charge is 0.744 e. The van der Waals surface area contributed by atoms with E-state index in [9.17, 15) is 13.0 Å². The minimum Gasteiger partial charge on any atom is -0.744 e. The van der Waals surface area contributed by atoms with Gasteiger partial charge in [-0.2, -0.15) is 0 Å². The zero-order chi connectivity index (χ0) is 14.8. The van der Waals surface area contributed by atoms with Crippen LogP contribution in [0, 0.1) is 0 Å². The van der Waals surface area contributed by atoms with Crippen molar-refractivity contribution in [3.63, 3.8) is 0 Å². The number of rotatable bonds is 5. The fraction of sp³-hybridized carbons (Fsp3) is 0.375. The summed E-state index contributed by atoms with van der Waals surface area (Å²) in [5, 5.41) is 1.52. The topological polar surface area (TPSA) is 57.2 Å². The van der Waals surface area contributed by atoms with Crippen molar-refractivity contribution in [2.24, 2.45) is 0 Å². The van der Waals surface area contributed by atoms with Crippen LogP contribution in [0.25, 0.3) is 10.8 Å². The Balaban J connectivity index is 0.00000220. The van der Waals surface area contributed by atoms with Crippen molar-refractivity contribution in [2.45, 2.75) is 44.4 Å². The van der Waals surface area contributed by atoms with E-state index in [-0.39, 0.29) is 34.5 Å². The van der Waals surface area contributed by atoms with Crippen LogP contribution in [-0.4, -0.2) is 13.0 Å². The average molecular weight is 314 g/mol. The Kier molecular flexibility index (Phi) is 6.88. The molecule has 2 aromatic carbocycles. The summed E-state index contributed by atoms with van der Waals surface area (Å²) < 4.78 is 34.6. The van der Waals surface area contributed by atoms with E-state index < -0.39 is 10.1 Å². The summed E-state index contributed by atoms with van der Waals surface area (Å²) in [6.45, 7) is 4.13. The molecule has 0 heterocycles. The van der Waals surface area contributed by atoms with Gasteiger partial charge < -0.3 is 4.55 Å². The molecule has 3 nitrogen and oxygen atoms in total. The molecule has 0 aromatic heterocycles. The predicted octanol–water partition coefficient (Wildman–Crippen LogP) is 0.653. The van der Waals surface area contributed by atoms with Crippen LogP contribution in [0.2, 0.25) is 0 Å². The third-order valence-corrected chi connectivity index (χ3v) is 4.37. The summed E-state index contributed by atoms with van der Waals surface area (Å²) in [7, 11) is -4.45. The van der Waals surface area contributed by atoms with Crippen molar-refractivity contribution in [3.8, 4) is 0 Å². The van der Waals surface area contributed by atoms with Crippen LogP contribution in [0.15, 0.2) is 35.2 Å². The molecule has 0 spiro atoms. The molecular formula is C16H19NaO3S. The Hall–Kier alpha value is -0.390. The molecule has 5 heteroatoms. The van der Waals surface area contributed by atoms with Crippen molar-refractivity contribution in [1.29, 1.82) is 0 Å². The largest absolute Gasteiger partial charge is 1.00 e. The molecular weight excluding hydrogens is 295 g/mol. The third kappa shape index (κ3) is 4.08. The van der Waals surface area contributed by atoms with Gasteiger partial charge in [0.15, 0.2) is 0 Å². The number of benzene rings is 2. The molecule has 0 fully saturated rings. The van der Waals surface area contributed by atoms with Crippen LogP contribution in [0.3, 0.4) is 0 Å². The van der Waals surface area contributed by atoms with Crippen LogP contribution < -0.4 is 29.6 Å². The van der Waals surface area contributed by atoms with Gasteiger partial charge in [0.2, 0.25) is 0 Å².